The summed E-state index contributed by atoms with van der Waals surface area (Å²) >= 11 is 4.08. The van der Waals surface area contributed by atoms with E-state index in [4.69, 9.17) is 9.47 Å². The van der Waals surface area contributed by atoms with Crippen molar-refractivity contribution in [3.8, 4) is 11.5 Å². The molecule has 0 unspecified atom stereocenters. The van der Waals surface area contributed by atoms with E-state index >= 15 is 0 Å². The monoisotopic (exact) mass is 475 g/mol. The summed E-state index contributed by atoms with van der Waals surface area (Å²) < 4.78 is 12.0. The van der Waals surface area contributed by atoms with Crippen molar-refractivity contribution < 1.29 is 14.3 Å². The highest BCUT2D eigenvalue weighted by atomic mass is 79.9. The number of fused-ring (bicyclic) bond motifs is 1. The van der Waals surface area contributed by atoms with Gasteiger partial charge in [0.25, 0.3) is 0 Å². The predicted molar refractivity (Wildman–Crippen MR) is 121 cm³/mol. The molecule has 0 saturated heterocycles. The van der Waals surface area contributed by atoms with Gasteiger partial charge in [-0.15, -0.1) is 0 Å². The number of rotatable bonds is 5. The van der Waals surface area contributed by atoms with Gasteiger partial charge in [-0.05, 0) is 79.4 Å². The zero-order valence-electron chi connectivity index (χ0n) is 18.2. The summed E-state index contributed by atoms with van der Waals surface area (Å²) in [5.74, 6) is 3.73. The van der Waals surface area contributed by atoms with Crippen molar-refractivity contribution in [1.82, 2.24) is 5.32 Å². The Bertz CT molecular complexity index is 809. The summed E-state index contributed by atoms with van der Waals surface area (Å²) in [6, 6.07) is 6.12. The summed E-state index contributed by atoms with van der Waals surface area (Å²) in [6.45, 7) is 5.71. The molecular weight excluding hydrogens is 442 g/mol. The Balaban J connectivity index is 1.31. The van der Waals surface area contributed by atoms with Gasteiger partial charge in [-0.25, -0.2) is 0 Å². The zero-order chi connectivity index (χ0) is 20.9. The fourth-order valence-electron chi connectivity index (χ4n) is 7.12. The van der Waals surface area contributed by atoms with Crippen LogP contribution >= 0.6 is 15.9 Å². The van der Waals surface area contributed by atoms with Crippen molar-refractivity contribution in [1.29, 1.82) is 0 Å². The molecule has 0 radical (unpaired) electrons. The van der Waals surface area contributed by atoms with E-state index < -0.39 is 0 Å². The van der Waals surface area contributed by atoms with Crippen LogP contribution in [0.1, 0.15) is 76.8 Å². The van der Waals surface area contributed by atoms with E-state index in [0.717, 1.165) is 41.7 Å². The maximum atomic E-state index is 13.3. The second-order valence-electron chi connectivity index (χ2n) is 10.8. The highest BCUT2D eigenvalue weighted by Gasteiger charge is 2.57. The Kier molecular flexibility index (Phi) is 5.32. The van der Waals surface area contributed by atoms with Crippen LogP contribution in [0.3, 0.4) is 0 Å². The van der Waals surface area contributed by atoms with Crippen molar-refractivity contribution in [2.45, 2.75) is 75.6 Å². The number of hydrogen-bond acceptors (Lipinski definition) is 3. The van der Waals surface area contributed by atoms with Gasteiger partial charge in [0.05, 0.1) is 19.3 Å². The molecule has 4 bridgehead atoms. The fraction of sp³-hybridized carbons (Fsp3) is 0.720. The van der Waals surface area contributed by atoms with E-state index in [0.29, 0.717) is 29.9 Å². The minimum atomic E-state index is -0.0125. The molecule has 1 aromatic rings. The highest BCUT2D eigenvalue weighted by Crippen LogP contribution is 2.65. The molecule has 1 aliphatic heterocycles. The van der Waals surface area contributed by atoms with Gasteiger partial charge in [0.1, 0.15) is 0 Å². The van der Waals surface area contributed by atoms with Crippen LogP contribution in [0.25, 0.3) is 0 Å². The van der Waals surface area contributed by atoms with E-state index in [2.05, 4.69) is 47.2 Å². The van der Waals surface area contributed by atoms with Gasteiger partial charge in [-0.2, -0.15) is 0 Å². The maximum absolute atomic E-state index is 13.3. The third kappa shape index (κ3) is 3.99. The molecule has 0 spiro atoms. The van der Waals surface area contributed by atoms with E-state index in [1.165, 1.54) is 32.1 Å². The fourth-order valence-corrected chi connectivity index (χ4v) is 8.63. The third-order valence-electron chi connectivity index (χ3n) is 7.76. The van der Waals surface area contributed by atoms with E-state index in [1.807, 2.05) is 6.07 Å². The van der Waals surface area contributed by atoms with Gasteiger partial charge in [-0.3, -0.25) is 4.79 Å². The van der Waals surface area contributed by atoms with Gasteiger partial charge >= 0.3 is 0 Å². The van der Waals surface area contributed by atoms with Crippen LogP contribution in [0, 0.1) is 23.2 Å². The molecule has 6 rings (SSSR count). The van der Waals surface area contributed by atoms with Crippen LogP contribution in [0.4, 0.5) is 0 Å². The SMILES string of the molecule is CC(C)[C@@H](NC(=O)CC12C[C@H]3C[C@@H](CC(Br)(C3)C1)C2)c1ccc2c(c1)OCCCO2. The second-order valence-corrected chi connectivity index (χ2v) is 12.5. The Hall–Kier alpha value is -1.23. The molecule has 4 aliphatic carbocycles. The van der Waals surface area contributed by atoms with E-state index in [9.17, 15) is 4.79 Å². The van der Waals surface area contributed by atoms with Crippen LogP contribution in [-0.4, -0.2) is 23.4 Å². The molecule has 1 N–H and O–H groups in total. The minimum Gasteiger partial charge on any atom is -0.490 e. The van der Waals surface area contributed by atoms with E-state index in [1.54, 1.807) is 0 Å². The van der Waals surface area contributed by atoms with Gasteiger partial charge in [-0.1, -0.05) is 35.8 Å². The molecular formula is C25H34BrNO3. The molecule has 1 aromatic carbocycles. The molecule has 164 valence electrons. The lowest BCUT2D eigenvalue weighted by Crippen LogP contribution is -2.54. The summed E-state index contributed by atoms with van der Waals surface area (Å²) in [4.78, 5) is 13.3. The molecule has 5 heteroatoms. The number of nitrogens with one attached hydrogen (secondary N) is 1. The first-order chi connectivity index (χ1) is 14.3. The van der Waals surface area contributed by atoms with Crippen molar-refractivity contribution in [2.75, 3.05) is 13.2 Å². The summed E-state index contributed by atoms with van der Waals surface area (Å²) in [6.07, 6.45) is 9.19. The smallest absolute Gasteiger partial charge is 0.221 e. The molecule has 3 atom stereocenters. The third-order valence-corrected chi connectivity index (χ3v) is 8.69. The Morgan fingerprint density at radius 3 is 2.50 bits per heavy atom. The van der Waals surface area contributed by atoms with Crippen molar-refractivity contribution in [3.05, 3.63) is 23.8 Å². The lowest BCUT2D eigenvalue weighted by molar-refractivity contribution is -0.129. The minimum absolute atomic E-state index is 0.0125. The van der Waals surface area contributed by atoms with Crippen LogP contribution in [-0.2, 0) is 4.79 Å². The molecule has 4 nitrogen and oxygen atoms in total. The van der Waals surface area contributed by atoms with Gasteiger partial charge in [0, 0.05) is 17.2 Å². The number of amides is 1. The molecule has 0 aromatic heterocycles. The number of carbonyl (C=O) groups excluding carboxylic acids is 1. The second kappa shape index (κ2) is 7.72. The molecule has 1 amide bonds. The molecule has 4 saturated carbocycles. The summed E-state index contributed by atoms with van der Waals surface area (Å²) in [5, 5.41) is 3.39. The van der Waals surface area contributed by atoms with E-state index in [-0.39, 0.29) is 17.4 Å². The number of hydrogen-bond donors (Lipinski definition) is 1. The standard InChI is InChI=1S/C25H34BrNO3/c1-16(2)23(19-4-5-20-21(9-19)30-7-3-6-29-20)27-22(28)14-24-10-17-8-18(11-24)13-25(26,12-17)15-24/h4-5,9,16-18,23H,3,6-8,10-15H2,1-2H3,(H,27,28)/t17-,18-,23-,24?,25?/m1/s1. The lowest BCUT2D eigenvalue weighted by atomic mass is 9.48. The number of ether oxygens (including phenoxy) is 2. The maximum Gasteiger partial charge on any atom is 0.221 e. The zero-order valence-corrected chi connectivity index (χ0v) is 19.8. The van der Waals surface area contributed by atoms with Crippen LogP contribution < -0.4 is 14.8 Å². The number of halogens is 1. The Labute approximate surface area is 188 Å². The largest absolute Gasteiger partial charge is 0.490 e. The summed E-state index contributed by atoms with van der Waals surface area (Å²) in [5.41, 5.74) is 1.30. The van der Waals surface area contributed by atoms with Gasteiger partial charge < -0.3 is 14.8 Å². The molecule has 4 fully saturated rings. The first-order valence-corrected chi connectivity index (χ1v) is 12.5. The van der Waals surface area contributed by atoms with Crippen molar-refractivity contribution >= 4 is 21.8 Å². The van der Waals surface area contributed by atoms with Crippen molar-refractivity contribution in [3.63, 3.8) is 0 Å². The van der Waals surface area contributed by atoms with Crippen LogP contribution in [0.5, 0.6) is 11.5 Å². The van der Waals surface area contributed by atoms with Crippen LogP contribution in [0.2, 0.25) is 0 Å². The molecule has 5 aliphatic rings. The average molecular weight is 476 g/mol. The van der Waals surface area contributed by atoms with Crippen LogP contribution in [0.15, 0.2) is 18.2 Å². The number of benzene rings is 1. The van der Waals surface area contributed by atoms with Gasteiger partial charge in [0.15, 0.2) is 11.5 Å². The number of alkyl halides is 1. The predicted octanol–water partition coefficient (Wildman–Crippen LogP) is 5.79. The lowest BCUT2D eigenvalue weighted by Gasteiger charge is -2.60. The number of carbonyl (C=O) groups is 1. The Morgan fingerprint density at radius 1 is 1.13 bits per heavy atom. The molecule has 30 heavy (non-hydrogen) atoms. The highest BCUT2D eigenvalue weighted by molar-refractivity contribution is 9.10. The first kappa shape index (κ1) is 20.7. The summed E-state index contributed by atoms with van der Waals surface area (Å²) in [7, 11) is 0. The van der Waals surface area contributed by atoms with Gasteiger partial charge in [0.2, 0.25) is 5.91 Å². The Morgan fingerprint density at radius 2 is 1.83 bits per heavy atom. The first-order valence-electron chi connectivity index (χ1n) is 11.7. The quantitative estimate of drug-likeness (QED) is 0.548. The topological polar surface area (TPSA) is 47.6 Å². The average Bonchev–Trinajstić information content (AvgIpc) is 2.88. The molecule has 1 heterocycles. The normalized spacial score (nSPS) is 35.2. The van der Waals surface area contributed by atoms with Crippen molar-refractivity contribution in [2.24, 2.45) is 23.2 Å².